The van der Waals surface area contributed by atoms with E-state index in [9.17, 15) is 9.18 Å². The molecule has 0 saturated heterocycles. The summed E-state index contributed by atoms with van der Waals surface area (Å²) in [5, 5.41) is 6.28. The van der Waals surface area contributed by atoms with Crippen molar-refractivity contribution >= 4 is 28.3 Å². The van der Waals surface area contributed by atoms with E-state index in [4.69, 9.17) is 9.47 Å². The maximum atomic E-state index is 14.4. The average molecular weight is 446 g/mol. The zero-order chi connectivity index (χ0) is 22.7. The van der Waals surface area contributed by atoms with Crippen LogP contribution in [0.4, 0.5) is 15.8 Å². The Kier molecular flexibility index (Phi) is 4.22. The molecule has 6 rings (SSSR count). The number of anilines is 2. The number of rotatable bonds is 5. The standard InChI is InChI=1S/C23H19FN6O3/c1-32-21-12(24)4-3-5-13(21)27-20-16-18(11-8-14(11)28-22(16)31)29-19(20)10-6-7-25-15-9-26-23(33-2)30-17(10)15/h3-7,9,11,14,27,29H,8H2,1-2H3,(H,28,31)/t11-,14+/m0/s1. The molecule has 1 aliphatic carbocycles. The number of para-hydroxylation sites is 1. The van der Waals surface area contributed by atoms with E-state index >= 15 is 0 Å². The smallest absolute Gasteiger partial charge is 0.316 e. The third-order valence-corrected chi connectivity index (χ3v) is 6.07. The first-order valence-electron chi connectivity index (χ1n) is 10.4. The van der Waals surface area contributed by atoms with Gasteiger partial charge >= 0.3 is 6.01 Å². The summed E-state index contributed by atoms with van der Waals surface area (Å²) in [6, 6.07) is 6.73. The summed E-state index contributed by atoms with van der Waals surface area (Å²) in [7, 11) is 2.89. The summed E-state index contributed by atoms with van der Waals surface area (Å²) in [6.45, 7) is 0. The molecule has 4 aromatic rings. The fourth-order valence-corrected chi connectivity index (χ4v) is 4.45. The molecule has 4 heterocycles. The Morgan fingerprint density at radius 2 is 2.06 bits per heavy atom. The number of carbonyl (C=O) groups excluding carboxylic acids is 1. The van der Waals surface area contributed by atoms with Gasteiger partial charge in [-0.05, 0) is 24.6 Å². The molecule has 1 saturated carbocycles. The van der Waals surface area contributed by atoms with Crippen molar-refractivity contribution in [3.63, 3.8) is 0 Å². The van der Waals surface area contributed by atoms with Gasteiger partial charge in [0, 0.05) is 29.4 Å². The lowest BCUT2D eigenvalue weighted by molar-refractivity contribution is 0.0944. The number of hydrogen-bond acceptors (Lipinski definition) is 7. The number of aromatic amines is 1. The highest BCUT2D eigenvalue weighted by molar-refractivity contribution is 6.09. The number of amides is 1. The molecule has 3 aromatic heterocycles. The van der Waals surface area contributed by atoms with Crippen LogP contribution in [0.2, 0.25) is 0 Å². The SMILES string of the molecule is COc1ncc2nccc(-c3[nH]c4c(c3Nc3cccc(F)c3OC)C(=O)N[C@@H]3C[C@H]43)c2n1. The van der Waals surface area contributed by atoms with E-state index in [-0.39, 0.29) is 29.6 Å². The first kappa shape index (κ1) is 19.5. The van der Waals surface area contributed by atoms with Crippen molar-refractivity contribution in [2.75, 3.05) is 19.5 Å². The second-order valence-corrected chi connectivity index (χ2v) is 7.98. The van der Waals surface area contributed by atoms with Crippen LogP contribution in [0.3, 0.4) is 0 Å². The lowest BCUT2D eigenvalue weighted by Gasteiger charge is -2.16. The number of nitrogens with zero attached hydrogens (tertiary/aromatic N) is 3. The summed E-state index contributed by atoms with van der Waals surface area (Å²) < 4.78 is 24.9. The number of nitrogens with one attached hydrogen (secondary N) is 3. The minimum atomic E-state index is -0.507. The van der Waals surface area contributed by atoms with Crippen LogP contribution in [0.25, 0.3) is 22.3 Å². The zero-order valence-corrected chi connectivity index (χ0v) is 17.8. The third-order valence-electron chi connectivity index (χ3n) is 6.07. The second kappa shape index (κ2) is 7.16. The van der Waals surface area contributed by atoms with E-state index in [1.165, 1.54) is 20.3 Å². The van der Waals surface area contributed by atoms with E-state index in [1.807, 2.05) is 6.07 Å². The molecular formula is C23H19FN6O3. The van der Waals surface area contributed by atoms with Gasteiger partial charge in [-0.1, -0.05) is 6.07 Å². The highest BCUT2D eigenvalue weighted by Gasteiger charge is 2.48. The van der Waals surface area contributed by atoms with Gasteiger partial charge < -0.3 is 25.1 Å². The van der Waals surface area contributed by atoms with Crippen molar-refractivity contribution in [2.24, 2.45) is 0 Å². The van der Waals surface area contributed by atoms with Crippen molar-refractivity contribution in [3.05, 3.63) is 53.7 Å². The predicted octanol–water partition coefficient (Wildman–Crippen LogP) is 3.52. The summed E-state index contributed by atoms with van der Waals surface area (Å²) in [5.41, 5.74) is 4.75. The number of hydrogen-bond donors (Lipinski definition) is 3. The maximum Gasteiger partial charge on any atom is 0.316 e. The van der Waals surface area contributed by atoms with Gasteiger partial charge in [0.05, 0.1) is 43.0 Å². The van der Waals surface area contributed by atoms with Gasteiger partial charge in [-0.3, -0.25) is 9.78 Å². The third kappa shape index (κ3) is 2.98. The average Bonchev–Trinajstić information content (AvgIpc) is 3.50. The molecule has 0 spiro atoms. The van der Waals surface area contributed by atoms with Crippen LogP contribution in [0, 0.1) is 5.82 Å². The predicted molar refractivity (Wildman–Crippen MR) is 119 cm³/mol. The van der Waals surface area contributed by atoms with Gasteiger partial charge in [0.2, 0.25) is 0 Å². The Labute approximate surface area is 187 Å². The molecule has 10 heteroatoms. The van der Waals surface area contributed by atoms with E-state index in [0.717, 1.165) is 12.1 Å². The van der Waals surface area contributed by atoms with Crippen molar-refractivity contribution in [1.82, 2.24) is 25.3 Å². The molecular weight excluding hydrogens is 427 g/mol. The Bertz CT molecular complexity index is 1440. The van der Waals surface area contributed by atoms with Gasteiger partial charge in [-0.15, -0.1) is 0 Å². The van der Waals surface area contributed by atoms with Gasteiger partial charge in [-0.25, -0.2) is 9.37 Å². The highest BCUT2D eigenvalue weighted by Crippen LogP contribution is 2.50. The van der Waals surface area contributed by atoms with Gasteiger partial charge in [-0.2, -0.15) is 4.98 Å². The maximum absolute atomic E-state index is 14.4. The lowest BCUT2D eigenvalue weighted by Crippen LogP contribution is -2.31. The molecule has 2 atom stereocenters. The minimum Gasteiger partial charge on any atom is -0.492 e. The number of carbonyl (C=O) groups is 1. The molecule has 0 bridgehead atoms. The number of benzene rings is 1. The molecule has 1 aromatic carbocycles. The van der Waals surface area contributed by atoms with Crippen LogP contribution in [0.5, 0.6) is 11.8 Å². The fourth-order valence-electron chi connectivity index (χ4n) is 4.45. The van der Waals surface area contributed by atoms with Crippen LogP contribution in [0.15, 0.2) is 36.7 Å². The summed E-state index contributed by atoms with van der Waals surface area (Å²) in [6.07, 6.45) is 4.11. The van der Waals surface area contributed by atoms with Gasteiger partial charge in [0.1, 0.15) is 11.0 Å². The van der Waals surface area contributed by atoms with E-state index < -0.39 is 5.82 Å². The van der Waals surface area contributed by atoms with Crippen LogP contribution in [-0.4, -0.2) is 46.1 Å². The monoisotopic (exact) mass is 446 g/mol. The fraction of sp³-hybridized carbons (Fsp3) is 0.217. The van der Waals surface area contributed by atoms with Crippen molar-refractivity contribution < 1.29 is 18.7 Å². The first-order valence-corrected chi connectivity index (χ1v) is 10.4. The van der Waals surface area contributed by atoms with E-state index in [0.29, 0.717) is 39.2 Å². The van der Waals surface area contributed by atoms with Gasteiger partial charge in [0.25, 0.3) is 5.91 Å². The van der Waals surface area contributed by atoms with E-state index in [2.05, 4.69) is 30.6 Å². The largest absolute Gasteiger partial charge is 0.492 e. The number of methoxy groups -OCH3 is 2. The lowest BCUT2D eigenvalue weighted by atomic mass is 10.0. The van der Waals surface area contributed by atoms with Crippen molar-refractivity contribution in [1.29, 1.82) is 0 Å². The molecule has 9 nitrogen and oxygen atoms in total. The van der Waals surface area contributed by atoms with Crippen LogP contribution < -0.4 is 20.1 Å². The number of halogens is 1. The van der Waals surface area contributed by atoms with Crippen LogP contribution in [0.1, 0.15) is 28.4 Å². The normalized spacial score (nSPS) is 18.3. The number of aromatic nitrogens is 4. The number of H-pyrrole nitrogens is 1. The number of ether oxygens (including phenoxy) is 2. The molecule has 0 unspecified atom stereocenters. The van der Waals surface area contributed by atoms with Crippen molar-refractivity contribution in [2.45, 2.75) is 18.4 Å². The second-order valence-electron chi connectivity index (χ2n) is 7.98. The minimum absolute atomic E-state index is 0.0579. The molecule has 33 heavy (non-hydrogen) atoms. The van der Waals surface area contributed by atoms with Crippen molar-refractivity contribution in [3.8, 4) is 23.0 Å². The topological polar surface area (TPSA) is 114 Å². The Balaban J connectivity index is 1.60. The first-order chi connectivity index (χ1) is 16.1. The Morgan fingerprint density at radius 1 is 1.18 bits per heavy atom. The molecule has 1 aliphatic heterocycles. The Hall–Kier alpha value is -4.21. The summed E-state index contributed by atoms with van der Waals surface area (Å²) in [4.78, 5) is 29.5. The molecule has 2 aliphatic rings. The Morgan fingerprint density at radius 3 is 2.88 bits per heavy atom. The molecule has 3 N–H and O–H groups in total. The molecule has 166 valence electrons. The quantitative estimate of drug-likeness (QED) is 0.430. The van der Waals surface area contributed by atoms with Crippen LogP contribution in [-0.2, 0) is 0 Å². The van der Waals surface area contributed by atoms with Crippen LogP contribution >= 0.6 is 0 Å². The molecule has 1 fully saturated rings. The van der Waals surface area contributed by atoms with E-state index in [1.54, 1.807) is 24.5 Å². The summed E-state index contributed by atoms with van der Waals surface area (Å²) in [5.74, 6) is -0.428. The highest BCUT2D eigenvalue weighted by atomic mass is 19.1. The number of pyridine rings is 1. The molecule has 1 amide bonds. The number of fused-ring (bicyclic) bond motifs is 4. The molecule has 0 radical (unpaired) electrons. The van der Waals surface area contributed by atoms with Gasteiger partial charge in [0.15, 0.2) is 11.6 Å². The zero-order valence-electron chi connectivity index (χ0n) is 17.8. The summed E-state index contributed by atoms with van der Waals surface area (Å²) >= 11 is 0.